The minimum absolute atomic E-state index is 0.0613. The van der Waals surface area contributed by atoms with Crippen LogP contribution >= 0.6 is 23.4 Å². The highest BCUT2D eigenvalue weighted by Gasteiger charge is 2.18. The van der Waals surface area contributed by atoms with E-state index in [1.165, 1.54) is 24.0 Å². The summed E-state index contributed by atoms with van der Waals surface area (Å²) in [6, 6.07) is 7.34. The third-order valence-electron chi connectivity index (χ3n) is 4.01. The molecule has 2 rings (SSSR count). The van der Waals surface area contributed by atoms with Gasteiger partial charge in [0.2, 0.25) is 5.43 Å². The smallest absolute Gasteiger partial charge is 0.341 e. The van der Waals surface area contributed by atoms with E-state index >= 15 is 0 Å². The molecule has 1 aromatic carbocycles. The van der Waals surface area contributed by atoms with Crippen LogP contribution in [0.4, 0.5) is 5.69 Å². The number of rotatable bonds is 9. The number of aromatic nitrogens is 1. The van der Waals surface area contributed by atoms with Crippen molar-refractivity contribution in [1.82, 2.24) is 4.57 Å². The number of nitrogens with zero attached hydrogens (tertiary/aromatic N) is 2. The van der Waals surface area contributed by atoms with Crippen LogP contribution in [0.2, 0.25) is 5.02 Å². The minimum atomic E-state index is -1.34. The maximum absolute atomic E-state index is 12.3. The number of hydrogen-bond acceptors (Lipinski definition) is 4. The summed E-state index contributed by atoms with van der Waals surface area (Å²) in [6.45, 7) is 15.1. The zero-order valence-corrected chi connectivity index (χ0v) is 17.2. The lowest BCUT2D eigenvalue weighted by atomic mass is 10.1. The summed E-state index contributed by atoms with van der Waals surface area (Å²) in [6.07, 6.45) is 6.06. The van der Waals surface area contributed by atoms with Crippen molar-refractivity contribution >= 4 is 47.8 Å². The molecule has 1 heterocycles. The van der Waals surface area contributed by atoms with E-state index in [4.69, 9.17) is 11.6 Å². The first-order valence-electron chi connectivity index (χ1n) is 8.37. The molecule has 1 N–H and O–H groups in total. The molecule has 29 heavy (non-hydrogen) atoms. The largest absolute Gasteiger partial charge is 0.477 e. The van der Waals surface area contributed by atoms with Gasteiger partial charge in [-0.1, -0.05) is 55.3 Å². The third kappa shape index (κ3) is 5.04. The molecule has 0 atom stereocenters. The van der Waals surface area contributed by atoms with Crippen LogP contribution < -0.4 is 5.43 Å². The zero-order valence-electron chi connectivity index (χ0n) is 15.6. The quantitative estimate of drug-likeness (QED) is 0.322. The third-order valence-corrected chi connectivity index (χ3v) is 5.42. The summed E-state index contributed by atoms with van der Waals surface area (Å²) in [7, 11) is 0. The average Bonchev–Trinajstić information content (AvgIpc) is 2.71. The molecule has 0 aliphatic carbocycles. The molecule has 0 aliphatic rings. The zero-order chi connectivity index (χ0) is 21.6. The first kappa shape index (κ1) is 22.2. The molecule has 0 aliphatic heterocycles. The van der Waals surface area contributed by atoms with E-state index < -0.39 is 17.0 Å². The van der Waals surface area contributed by atoms with Crippen molar-refractivity contribution in [3.63, 3.8) is 0 Å². The number of carboxylic acid groups (broad SMARTS) is 1. The summed E-state index contributed by atoms with van der Waals surface area (Å²) in [4.78, 5) is 29.3. The summed E-state index contributed by atoms with van der Waals surface area (Å²) in [5.74, 6) is -1.34. The predicted octanol–water partition coefficient (Wildman–Crippen LogP) is 5.59. The Labute approximate surface area is 178 Å². The van der Waals surface area contributed by atoms with Gasteiger partial charge in [0, 0.05) is 27.6 Å². The molecule has 2 aromatic rings. The van der Waals surface area contributed by atoms with Gasteiger partial charge >= 0.3 is 5.97 Å². The Kier molecular flexibility index (Phi) is 7.59. The lowest BCUT2D eigenvalue weighted by Crippen LogP contribution is -2.20. The summed E-state index contributed by atoms with van der Waals surface area (Å²) in [5, 5.41) is 10.0. The second-order valence-electron chi connectivity index (χ2n) is 5.75. The van der Waals surface area contributed by atoms with Crippen LogP contribution in [0, 0.1) is 0 Å². The van der Waals surface area contributed by atoms with Gasteiger partial charge in [-0.25, -0.2) is 4.79 Å². The van der Waals surface area contributed by atoms with E-state index in [-0.39, 0.29) is 12.2 Å². The first-order chi connectivity index (χ1) is 13.9. The van der Waals surface area contributed by atoms with Crippen molar-refractivity contribution < 1.29 is 9.90 Å². The van der Waals surface area contributed by atoms with Gasteiger partial charge in [0.25, 0.3) is 0 Å². The number of carboxylic acids is 1. The number of aromatic carboxylic acids is 1. The predicted molar refractivity (Wildman–Crippen MR) is 122 cm³/mol. The lowest BCUT2D eigenvalue weighted by molar-refractivity contribution is 0.0694. The molecule has 0 saturated carbocycles. The Morgan fingerprint density at radius 3 is 2.34 bits per heavy atom. The average molecular weight is 427 g/mol. The second kappa shape index (κ2) is 9.91. The maximum atomic E-state index is 12.3. The Morgan fingerprint density at radius 2 is 1.86 bits per heavy atom. The Balaban J connectivity index is 2.59. The van der Waals surface area contributed by atoms with Gasteiger partial charge in [-0.3, -0.25) is 9.79 Å². The molecule has 148 valence electrons. The van der Waals surface area contributed by atoms with E-state index in [2.05, 4.69) is 31.4 Å². The SMILES string of the molecule is C=C/C(Cn1cc(C(=O)O)c(=O)c(N=C)c1C=C)=C(\C=C)Sc1ccc(Cl)cc1. The van der Waals surface area contributed by atoms with E-state index in [9.17, 15) is 14.7 Å². The minimum Gasteiger partial charge on any atom is -0.477 e. The van der Waals surface area contributed by atoms with Gasteiger partial charge in [-0.2, -0.15) is 0 Å². The molecule has 1 aromatic heterocycles. The van der Waals surface area contributed by atoms with Crippen LogP contribution in [-0.4, -0.2) is 22.4 Å². The van der Waals surface area contributed by atoms with E-state index in [1.807, 2.05) is 12.1 Å². The number of carbonyl (C=O) groups is 1. The van der Waals surface area contributed by atoms with Crippen LogP contribution in [0.3, 0.4) is 0 Å². The summed E-state index contributed by atoms with van der Waals surface area (Å²) >= 11 is 7.40. The number of hydrogen-bond donors (Lipinski definition) is 1. The summed E-state index contributed by atoms with van der Waals surface area (Å²) < 4.78 is 1.59. The van der Waals surface area contributed by atoms with Gasteiger partial charge in [0.15, 0.2) is 0 Å². The standard InChI is InChI=1S/C22H19ClN2O3S/c1-5-14(19(7-3)29-16-10-8-15(23)9-11-16)12-25-13-17(22(27)28)21(26)20(24-4)18(25)6-2/h5-11,13H,1-4,12H2,(H,27,28)/b19-14-. The van der Waals surface area contributed by atoms with E-state index in [1.54, 1.807) is 28.9 Å². The molecule has 0 spiro atoms. The van der Waals surface area contributed by atoms with Gasteiger partial charge < -0.3 is 9.67 Å². The molecule has 0 radical (unpaired) electrons. The maximum Gasteiger partial charge on any atom is 0.341 e. The van der Waals surface area contributed by atoms with Gasteiger partial charge in [0.1, 0.15) is 11.3 Å². The number of benzene rings is 1. The number of pyridine rings is 1. The Hall–Kier alpha value is -3.09. The van der Waals surface area contributed by atoms with Gasteiger partial charge in [-0.05, 0) is 42.6 Å². The molecular formula is C22H19ClN2O3S. The highest BCUT2D eigenvalue weighted by atomic mass is 35.5. The van der Waals surface area contributed by atoms with Gasteiger partial charge in [-0.15, -0.1) is 0 Å². The fourth-order valence-corrected chi connectivity index (χ4v) is 3.62. The van der Waals surface area contributed by atoms with Crippen LogP contribution in [0.1, 0.15) is 16.1 Å². The fraction of sp³-hybridized carbons (Fsp3) is 0.0455. The highest BCUT2D eigenvalue weighted by Crippen LogP contribution is 2.32. The van der Waals surface area contributed by atoms with Crippen LogP contribution in [0.5, 0.6) is 0 Å². The number of aliphatic imine (C=N–C) groups is 1. The fourth-order valence-electron chi connectivity index (χ4n) is 2.61. The van der Waals surface area contributed by atoms with Crippen molar-refractivity contribution in [3.8, 4) is 0 Å². The number of thioether (sulfide) groups is 1. The van der Waals surface area contributed by atoms with Crippen molar-refractivity contribution in [2.75, 3.05) is 0 Å². The molecule has 7 heteroatoms. The normalized spacial score (nSPS) is 11.3. The molecule has 0 amide bonds. The second-order valence-corrected chi connectivity index (χ2v) is 7.31. The van der Waals surface area contributed by atoms with E-state index in [0.29, 0.717) is 10.7 Å². The van der Waals surface area contributed by atoms with E-state index in [0.717, 1.165) is 15.4 Å². The molecule has 0 saturated heterocycles. The first-order valence-corrected chi connectivity index (χ1v) is 9.57. The molecule has 0 fully saturated rings. The van der Waals surface area contributed by atoms with Crippen molar-refractivity contribution in [3.05, 3.63) is 99.3 Å². The lowest BCUT2D eigenvalue weighted by Gasteiger charge is -2.16. The topological polar surface area (TPSA) is 71.7 Å². The van der Waals surface area contributed by atoms with Gasteiger partial charge in [0.05, 0.1) is 5.69 Å². The number of halogens is 1. The Morgan fingerprint density at radius 1 is 1.21 bits per heavy atom. The van der Waals surface area contributed by atoms with Crippen LogP contribution in [0.25, 0.3) is 6.08 Å². The van der Waals surface area contributed by atoms with Crippen LogP contribution in [-0.2, 0) is 6.54 Å². The molecule has 0 bridgehead atoms. The van der Waals surface area contributed by atoms with Crippen molar-refractivity contribution in [1.29, 1.82) is 0 Å². The highest BCUT2D eigenvalue weighted by molar-refractivity contribution is 8.03. The summed E-state index contributed by atoms with van der Waals surface area (Å²) in [5.41, 5.74) is -0.0182. The number of allylic oxidation sites excluding steroid dienone is 3. The van der Waals surface area contributed by atoms with Crippen LogP contribution in [0.15, 0.2) is 87.5 Å². The molecule has 5 nitrogen and oxygen atoms in total. The van der Waals surface area contributed by atoms with Crippen molar-refractivity contribution in [2.24, 2.45) is 4.99 Å². The van der Waals surface area contributed by atoms with Crippen molar-refractivity contribution in [2.45, 2.75) is 11.4 Å². The molecule has 0 unspecified atom stereocenters. The monoisotopic (exact) mass is 426 g/mol. The molecular weight excluding hydrogens is 408 g/mol. The Bertz CT molecular complexity index is 1080.